The van der Waals surface area contributed by atoms with Crippen LogP contribution in [0, 0.1) is 0 Å². The highest BCUT2D eigenvalue weighted by molar-refractivity contribution is 5.79. The Morgan fingerprint density at radius 3 is 1.29 bits per heavy atom. The highest BCUT2D eigenvalue weighted by Gasteiger charge is 2.11. The van der Waals surface area contributed by atoms with Crippen molar-refractivity contribution >= 4 is 22.3 Å². The van der Waals surface area contributed by atoms with Crippen LogP contribution < -0.4 is 10.4 Å². The minimum absolute atomic E-state index is 0.876. The Morgan fingerprint density at radius 1 is 0.400 bits per heavy atom. The zero-order chi connectivity index (χ0) is 23.5. The van der Waals surface area contributed by atoms with Crippen molar-refractivity contribution in [3.8, 4) is 0 Å². The molecule has 6 rings (SSSR count). The van der Waals surface area contributed by atoms with Crippen LogP contribution in [0.5, 0.6) is 0 Å². The number of hydrogen-bond donors (Lipinski definition) is 0. The number of nitrogens with zero attached hydrogens (tertiary/aromatic N) is 3. The second-order valence-corrected chi connectivity index (χ2v) is 8.38. The lowest BCUT2D eigenvalue weighted by molar-refractivity contribution is 0.782. The molecule has 5 aromatic carbocycles. The number of hydrogen-bond acceptors (Lipinski definition) is 2. The summed E-state index contributed by atoms with van der Waals surface area (Å²) >= 11 is 0. The zero-order valence-corrected chi connectivity index (χ0v) is 19.1. The lowest BCUT2D eigenvalue weighted by atomic mass is 9.95. The summed E-state index contributed by atoms with van der Waals surface area (Å²) in [6.07, 6.45) is 0. The Kier molecular flexibility index (Phi) is 5.50. The van der Waals surface area contributed by atoms with E-state index in [1.165, 1.54) is 16.7 Å². The molecule has 0 N–H and O–H groups in total. The van der Waals surface area contributed by atoms with Crippen molar-refractivity contribution in [2.24, 2.45) is 0 Å². The predicted octanol–water partition coefficient (Wildman–Crippen LogP) is 5.38. The van der Waals surface area contributed by atoms with Crippen molar-refractivity contribution in [2.75, 3.05) is 0 Å². The van der Waals surface area contributed by atoms with E-state index in [0.29, 0.717) is 0 Å². The largest absolute Gasteiger partial charge is 0.149 e. The first-order valence-corrected chi connectivity index (χ1v) is 11.7. The minimum atomic E-state index is 0.876. The number of benzene rings is 5. The highest BCUT2D eigenvalue weighted by Crippen LogP contribution is 2.20. The molecule has 0 atom stereocenters. The van der Waals surface area contributed by atoms with Crippen LogP contribution in [-0.4, -0.2) is 15.0 Å². The summed E-state index contributed by atoms with van der Waals surface area (Å²) in [6.45, 7) is 0. The lowest BCUT2D eigenvalue weighted by Gasteiger charge is -2.10. The third-order valence-electron chi connectivity index (χ3n) is 6.11. The summed E-state index contributed by atoms with van der Waals surface area (Å²) < 4.78 is 0. The van der Waals surface area contributed by atoms with E-state index in [9.17, 15) is 0 Å². The van der Waals surface area contributed by atoms with Gasteiger partial charge in [0.2, 0.25) is 0 Å². The normalized spacial score (nSPS) is 10.9. The van der Waals surface area contributed by atoms with Gasteiger partial charge in [-0.15, -0.1) is 15.0 Å². The van der Waals surface area contributed by atoms with Crippen LogP contribution in [0.25, 0.3) is 22.3 Å². The highest BCUT2D eigenvalue weighted by atomic mass is 15.5. The van der Waals surface area contributed by atoms with Crippen molar-refractivity contribution < 1.29 is 0 Å². The fourth-order valence-corrected chi connectivity index (χ4v) is 4.46. The average Bonchev–Trinajstić information content (AvgIpc) is 3.35. The first-order valence-electron chi connectivity index (χ1n) is 11.7. The number of fused-ring (bicyclic) bond motifs is 1. The van der Waals surface area contributed by atoms with Crippen LogP contribution in [0.1, 0.15) is 16.7 Å². The average molecular weight is 450 g/mol. The van der Waals surface area contributed by atoms with Gasteiger partial charge < -0.3 is 0 Å². The molecule has 0 unspecified atom stereocenters. The van der Waals surface area contributed by atoms with Gasteiger partial charge in [0.15, 0.2) is 0 Å². The molecule has 1 heterocycles. The smallest absolute Gasteiger partial charge is 0.113 e. The summed E-state index contributed by atoms with van der Waals surface area (Å²) in [5, 5.41) is 11.8. The Labute approximate surface area is 203 Å². The fourth-order valence-electron chi connectivity index (χ4n) is 4.46. The van der Waals surface area contributed by atoms with Crippen LogP contribution in [0.15, 0.2) is 140 Å². The van der Waals surface area contributed by atoms with Crippen molar-refractivity contribution in [3.63, 3.8) is 0 Å². The SMILES string of the molecule is c1ccc(C(c2ccccc2)=c2ccc(=C(c3ccccc3)n3nc4ccccc4n3)cc2)cc1. The van der Waals surface area contributed by atoms with Crippen molar-refractivity contribution in [2.45, 2.75) is 0 Å². The van der Waals surface area contributed by atoms with E-state index in [1.807, 2.05) is 42.5 Å². The van der Waals surface area contributed by atoms with E-state index >= 15 is 0 Å². The molecule has 0 bridgehead atoms. The maximum absolute atomic E-state index is 4.78. The minimum Gasteiger partial charge on any atom is -0.149 e. The Balaban J connectivity index is 1.61. The van der Waals surface area contributed by atoms with Gasteiger partial charge in [-0.05, 0) is 34.1 Å². The van der Waals surface area contributed by atoms with Crippen LogP contribution >= 0.6 is 0 Å². The van der Waals surface area contributed by atoms with Crippen LogP contribution in [0.2, 0.25) is 0 Å². The van der Waals surface area contributed by atoms with Gasteiger partial charge in [0.05, 0.1) is 0 Å². The first-order chi connectivity index (χ1) is 17.4. The van der Waals surface area contributed by atoms with Crippen LogP contribution in [0.4, 0.5) is 0 Å². The quantitative estimate of drug-likeness (QED) is 0.362. The van der Waals surface area contributed by atoms with Crippen LogP contribution in [0.3, 0.4) is 0 Å². The van der Waals surface area contributed by atoms with Crippen molar-refractivity contribution in [1.29, 1.82) is 0 Å². The maximum Gasteiger partial charge on any atom is 0.113 e. The summed E-state index contributed by atoms with van der Waals surface area (Å²) in [5.74, 6) is 0. The Hall–Kier alpha value is -4.76. The molecule has 0 aliphatic carbocycles. The predicted molar refractivity (Wildman–Crippen MR) is 142 cm³/mol. The lowest BCUT2D eigenvalue weighted by Crippen LogP contribution is -2.19. The molecular weight excluding hydrogens is 426 g/mol. The van der Waals surface area contributed by atoms with E-state index in [2.05, 4.69) is 97.1 Å². The summed E-state index contributed by atoms with van der Waals surface area (Å²) in [4.78, 5) is 1.76. The Bertz CT molecular complexity index is 1620. The van der Waals surface area contributed by atoms with Gasteiger partial charge in [-0.1, -0.05) is 127 Å². The van der Waals surface area contributed by atoms with Gasteiger partial charge in [-0.25, -0.2) is 0 Å². The third-order valence-corrected chi connectivity index (χ3v) is 6.11. The van der Waals surface area contributed by atoms with Gasteiger partial charge in [0.25, 0.3) is 0 Å². The molecule has 35 heavy (non-hydrogen) atoms. The van der Waals surface area contributed by atoms with E-state index in [4.69, 9.17) is 10.2 Å². The van der Waals surface area contributed by atoms with Gasteiger partial charge in [-0.3, -0.25) is 0 Å². The van der Waals surface area contributed by atoms with E-state index in [1.54, 1.807) is 4.80 Å². The van der Waals surface area contributed by atoms with Crippen molar-refractivity contribution in [1.82, 2.24) is 15.0 Å². The molecule has 3 heteroatoms. The molecule has 0 saturated heterocycles. The molecule has 1 aromatic heterocycles. The second kappa shape index (κ2) is 9.24. The third kappa shape index (κ3) is 4.16. The zero-order valence-electron chi connectivity index (χ0n) is 19.1. The Morgan fingerprint density at radius 2 is 0.800 bits per heavy atom. The second-order valence-electron chi connectivity index (χ2n) is 8.38. The van der Waals surface area contributed by atoms with Crippen molar-refractivity contribution in [3.05, 3.63) is 167 Å². The molecule has 6 aromatic rings. The molecule has 3 nitrogen and oxygen atoms in total. The molecule has 0 amide bonds. The number of aromatic nitrogens is 3. The standard InChI is InChI=1S/C32H23N3/c1-4-12-24(13-5-1)31(25-14-6-2-7-15-25)26-20-22-28(23-21-26)32(27-16-8-3-9-17-27)35-33-29-18-10-11-19-30(29)34-35/h1-23H. The van der Waals surface area contributed by atoms with Gasteiger partial charge in [0.1, 0.15) is 16.7 Å². The molecule has 0 saturated carbocycles. The van der Waals surface area contributed by atoms with Gasteiger partial charge >= 0.3 is 0 Å². The molecular formula is C32H23N3. The summed E-state index contributed by atoms with van der Waals surface area (Å²) in [6, 6.07) is 48.1. The molecule has 0 spiro atoms. The molecule has 166 valence electrons. The first kappa shape index (κ1) is 20.8. The maximum atomic E-state index is 4.78. The molecule has 0 radical (unpaired) electrons. The topological polar surface area (TPSA) is 30.7 Å². The molecule has 0 aliphatic rings. The van der Waals surface area contributed by atoms with Gasteiger partial charge in [-0.2, -0.15) is 0 Å². The van der Waals surface area contributed by atoms with E-state index in [-0.39, 0.29) is 0 Å². The summed E-state index contributed by atoms with van der Waals surface area (Å²) in [5.41, 5.74) is 7.37. The fraction of sp³-hybridized carbons (Fsp3) is 0. The van der Waals surface area contributed by atoms with E-state index in [0.717, 1.165) is 32.7 Å². The molecule has 0 fully saturated rings. The van der Waals surface area contributed by atoms with Gasteiger partial charge in [0, 0.05) is 10.8 Å². The van der Waals surface area contributed by atoms with Crippen LogP contribution in [-0.2, 0) is 0 Å². The van der Waals surface area contributed by atoms with E-state index < -0.39 is 0 Å². The number of rotatable bonds is 4. The monoisotopic (exact) mass is 449 g/mol. The molecule has 0 aliphatic heterocycles. The summed E-state index contributed by atoms with van der Waals surface area (Å²) in [7, 11) is 0.